The van der Waals surface area contributed by atoms with Crippen LogP contribution in [-0.2, 0) is 41.8 Å². The maximum Gasteiger partial charge on any atom is 0.239 e. The number of furan rings is 1. The maximum absolute atomic E-state index is 14.5. The van der Waals surface area contributed by atoms with Crippen LogP contribution in [0.5, 0.6) is 11.5 Å². The van der Waals surface area contributed by atoms with E-state index in [4.69, 9.17) is 13.9 Å². The SMILES string of the molecule is O=C(CNC(CCOc1cccc2c3c(oc12)CCCC3)c1ccccc1)c1ccc(OCc2ccccc2)c(N(Cc2ccccc2)S(=O)(=O)Cc2ccccc2)c1. The molecule has 7 aromatic rings. The van der Waals surface area contributed by atoms with Gasteiger partial charge in [-0.15, -0.1) is 0 Å². The summed E-state index contributed by atoms with van der Waals surface area (Å²) in [5.41, 5.74) is 6.18. The van der Waals surface area contributed by atoms with Gasteiger partial charge in [-0.1, -0.05) is 133 Å². The Morgan fingerprint density at radius 3 is 2.08 bits per heavy atom. The summed E-state index contributed by atoms with van der Waals surface area (Å²) in [6.07, 6.45) is 4.88. The van der Waals surface area contributed by atoms with Crippen molar-refractivity contribution in [2.24, 2.45) is 0 Å². The predicted molar refractivity (Wildman–Crippen MR) is 233 cm³/mol. The molecule has 0 fully saturated rings. The number of ether oxygens (including phenoxy) is 2. The number of ketones is 1. The Morgan fingerprint density at radius 1 is 0.695 bits per heavy atom. The molecule has 8 nitrogen and oxygen atoms in total. The van der Waals surface area contributed by atoms with E-state index in [0.717, 1.165) is 58.4 Å². The van der Waals surface area contributed by atoms with Gasteiger partial charge in [0.15, 0.2) is 17.1 Å². The van der Waals surface area contributed by atoms with Crippen LogP contribution in [0.3, 0.4) is 0 Å². The van der Waals surface area contributed by atoms with E-state index in [0.29, 0.717) is 35.6 Å². The second kappa shape index (κ2) is 18.6. The van der Waals surface area contributed by atoms with Crippen molar-refractivity contribution in [2.75, 3.05) is 17.5 Å². The fraction of sp³-hybridized carbons (Fsp3) is 0.220. The van der Waals surface area contributed by atoms with Gasteiger partial charge in [0.05, 0.1) is 31.1 Å². The maximum atomic E-state index is 14.5. The van der Waals surface area contributed by atoms with Gasteiger partial charge in [-0.2, -0.15) is 0 Å². The molecular weight excluding hydrogens is 757 g/mol. The largest absolute Gasteiger partial charge is 0.490 e. The summed E-state index contributed by atoms with van der Waals surface area (Å²) in [6, 6.07) is 49.3. The number of hydrogen-bond acceptors (Lipinski definition) is 7. The lowest BCUT2D eigenvalue weighted by Gasteiger charge is -2.27. The normalized spacial score (nSPS) is 13.1. The average Bonchev–Trinajstić information content (AvgIpc) is 3.67. The van der Waals surface area contributed by atoms with Crippen LogP contribution in [0.1, 0.15) is 69.2 Å². The van der Waals surface area contributed by atoms with Gasteiger partial charge in [0.25, 0.3) is 0 Å². The second-order valence-corrected chi connectivity index (χ2v) is 16.8. The standard InChI is InChI=1S/C50H48N2O6S/c53-46(33-51-44(40-22-11-4-12-23-40)30-31-56-49-27-15-25-43-42-24-13-14-26-47(42)58-50(43)49)41-28-29-48(57-35-38-18-7-2-8-19-38)45(32-41)52(34-37-16-5-1-6-17-37)59(54,55)36-39-20-9-3-10-21-39/h1-12,15-23,25,27-29,32,44,51H,13-14,24,26,30-31,33-36H2. The first kappa shape index (κ1) is 39.7. The number of sulfonamides is 1. The van der Waals surface area contributed by atoms with Crippen molar-refractivity contribution in [3.63, 3.8) is 0 Å². The van der Waals surface area contributed by atoms with Gasteiger partial charge >= 0.3 is 0 Å². The molecule has 1 N–H and O–H groups in total. The zero-order valence-corrected chi connectivity index (χ0v) is 33.8. The zero-order chi connectivity index (χ0) is 40.4. The number of Topliss-reactive ketones (excluding diaryl/α,β-unsaturated/α-hetero) is 1. The topological polar surface area (TPSA) is 98.1 Å². The molecule has 59 heavy (non-hydrogen) atoms. The fourth-order valence-electron chi connectivity index (χ4n) is 7.74. The fourth-order valence-corrected chi connectivity index (χ4v) is 9.29. The molecule has 6 aromatic carbocycles. The number of nitrogens with one attached hydrogen (secondary N) is 1. The number of carbonyl (C=O) groups excluding carboxylic acids is 1. The van der Waals surface area contributed by atoms with Gasteiger partial charge in [0.2, 0.25) is 10.0 Å². The first-order chi connectivity index (χ1) is 28.9. The minimum absolute atomic E-state index is 0.0131. The molecule has 8 rings (SSSR count). The highest BCUT2D eigenvalue weighted by Crippen LogP contribution is 2.37. The van der Waals surface area contributed by atoms with Crippen LogP contribution >= 0.6 is 0 Å². The molecule has 0 bridgehead atoms. The number of hydrogen-bond donors (Lipinski definition) is 1. The van der Waals surface area contributed by atoms with Crippen LogP contribution < -0.4 is 19.1 Å². The molecule has 1 atom stereocenters. The molecule has 9 heteroatoms. The van der Waals surface area contributed by atoms with Gasteiger partial charge < -0.3 is 19.2 Å². The molecule has 1 aliphatic rings. The van der Waals surface area contributed by atoms with Crippen LogP contribution in [0.2, 0.25) is 0 Å². The zero-order valence-electron chi connectivity index (χ0n) is 33.0. The third-order valence-corrected chi connectivity index (χ3v) is 12.5. The minimum atomic E-state index is -3.98. The highest BCUT2D eigenvalue weighted by atomic mass is 32.2. The third kappa shape index (κ3) is 9.76. The molecule has 1 heterocycles. The highest BCUT2D eigenvalue weighted by Gasteiger charge is 2.28. The van der Waals surface area contributed by atoms with Crippen LogP contribution in [0.15, 0.2) is 162 Å². The average molecular weight is 805 g/mol. The molecule has 0 saturated carbocycles. The molecule has 0 amide bonds. The van der Waals surface area contributed by atoms with E-state index >= 15 is 0 Å². The molecule has 0 radical (unpaired) electrons. The molecule has 1 aromatic heterocycles. The van der Waals surface area contributed by atoms with Crippen molar-refractivity contribution in [1.82, 2.24) is 5.32 Å². The summed E-state index contributed by atoms with van der Waals surface area (Å²) < 4.78 is 49.4. The van der Waals surface area contributed by atoms with Crippen molar-refractivity contribution in [3.05, 3.63) is 197 Å². The van der Waals surface area contributed by atoms with E-state index in [9.17, 15) is 13.2 Å². The van der Waals surface area contributed by atoms with Crippen molar-refractivity contribution in [2.45, 2.75) is 57.1 Å². The number of anilines is 1. The molecule has 0 spiro atoms. The summed E-state index contributed by atoms with van der Waals surface area (Å²) in [4.78, 5) is 14.2. The van der Waals surface area contributed by atoms with Gasteiger partial charge in [-0.3, -0.25) is 9.10 Å². The van der Waals surface area contributed by atoms with E-state index in [1.165, 1.54) is 16.3 Å². The quantitative estimate of drug-likeness (QED) is 0.0863. The Balaban J connectivity index is 1.05. The number of aryl methyl sites for hydroxylation is 2. The summed E-state index contributed by atoms with van der Waals surface area (Å²) in [7, 11) is -3.98. The number of rotatable bonds is 18. The molecule has 1 aliphatic carbocycles. The van der Waals surface area contributed by atoms with E-state index in [1.807, 2.05) is 121 Å². The van der Waals surface area contributed by atoms with Crippen molar-refractivity contribution < 1.29 is 27.1 Å². The van der Waals surface area contributed by atoms with Gasteiger partial charge in [-0.25, -0.2) is 8.42 Å². The van der Waals surface area contributed by atoms with Crippen LogP contribution in [0, 0.1) is 0 Å². The number of para-hydroxylation sites is 1. The van der Waals surface area contributed by atoms with E-state index < -0.39 is 10.0 Å². The Bertz CT molecular complexity index is 2580. The summed E-state index contributed by atoms with van der Waals surface area (Å²) in [5, 5.41) is 4.63. The van der Waals surface area contributed by atoms with Crippen molar-refractivity contribution in [3.8, 4) is 11.5 Å². The predicted octanol–water partition coefficient (Wildman–Crippen LogP) is 10.4. The van der Waals surface area contributed by atoms with Crippen molar-refractivity contribution in [1.29, 1.82) is 0 Å². The lowest BCUT2D eigenvalue weighted by atomic mass is 9.96. The molecule has 1 unspecified atom stereocenters. The third-order valence-electron chi connectivity index (χ3n) is 10.8. The number of benzene rings is 6. The smallest absolute Gasteiger partial charge is 0.239 e. The van der Waals surface area contributed by atoms with Crippen LogP contribution in [-0.4, -0.2) is 27.4 Å². The van der Waals surface area contributed by atoms with E-state index in [2.05, 4.69) is 11.4 Å². The Kier molecular flexibility index (Phi) is 12.5. The molecular formula is C50H48N2O6S. The summed E-state index contributed by atoms with van der Waals surface area (Å²) >= 11 is 0. The number of carbonyl (C=O) groups is 1. The summed E-state index contributed by atoms with van der Waals surface area (Å²) in [5.74, 6) is 1.74. The van der Waals surface area contributed by atoms with E-state index in [1.54, 1.807) is 30.3 Å². The van der Waals surface area contributed by atoms with E-state index in [-0.39, 0.29) is 37.3 Å². The number of fused-ring (bicyclic) bond motifs is 3. The van der Waals surface area contributed by atoms with Crippen LogP contribution in [0.25, 0.3) is 11.0 Å². The first-order valence-electron chi connectivity index (χ1n) is 20.3. The monoisotopic (exact) mass is 804 g/mol. The molecule has 0 saturated heterocycles. The van der Waals surface area contributed by atoms with Gasteiger partial charge in [0, 0.05) is 35.4 Å². The Labute approximate surface area is 346 Å². The van der Waals surface area contributed by atoms with Crippen LogP contribution in [0.4, 0.5) is 5.69 Å². The first-order valence-corrected chi connectivity index (χ1v) is 21.9. The minimum Gasteiger partial charge on any atom is -0.490 e. The number of nitrogens with zero attached hydrogens (tertiary/aromatic N) is 1. The highest BCUT2D eigenvalue weighted by molar-refractivity contribution is 7.92. The Morgan fingerprint density at radius 2 is 1.36 bits per heavy atom. The second-order valence-electron chi connectivity index (χ2n) is 14.9. The lowest BCUT2D eigenvalue weighted by molar-refractivity contribution is 0.0985. The lowest BCUT2D eigenvalue weighted by Crippen LogP contribution is -2.32. The van der Waals surface area contributed by atoms with Crippen molar-refractivity contribution >= 4 is 32.5 Å². The molecule has 300 valence electrons. The van der Waals surface area contributed by atoms with Gasteiger partial charge in [0.1, 0.15) is 18.1 Å². The van der Waals surface area contributed by atoms with Gasteiger partial charge in [-0.05, 0) is 65.8 Å². The molecule has 0 aliphatic heterocycles. The summed E-state index contributed by atoms with van der Waals surface area (Å²) in [6.45, 7) is 0.686. The Hall–Kier alpha value is -6.16.